The monoisotopic (exact) mass is 298 g/mol. The number of halogens is 1. The van der Waals surface area contributed by atoms with Crippen molar-refractivity contribution in [3.63, 3.8) is 0 Å². The van der Waals surface area contributed by atoms with Crippen LogP contribution in [0.2, 0.25) is 0 Å². The molecule has 0 saturated carbocycles. The Kier molecular flexibility index (Phi) is 3.00. The first kappa shape index (κ1) is 12.9. The molecule has 1 aromatic heterocycles. The Morgan fingerprint density at radius 1 is 1.24 bits per heavy atom. The van der Waals surface area contributed by atoms with E-state index in [0.29, 0.717) is 10.3 Å². The number of anilines is 1. The molecule has 0 aliphatic carbocycles. The fourth-order valence-electron chi connectivity index (χ4n) is 1.59. The van der Waals surface area contributed by atoms with Crippen molar-refractivity contribution < 1.29 is 9.31 Å². The van der Waals surface area contributed by atoms with Crippen molar-refractivity contribution in [3.8, 4) is 0 Å². The second kappa shape index (κ2) is 3.97. The van der Waals surface area contributed by atoms with Gasteiger partial charge in [0.15, 0.2) is 0 Å². The molecule has 0 radical (unpaired) electrons. The lowest BCUT2D eigenvalue weighted by Gasteiger charge is -2.32. The molecule has 6 heteroatoms. The van der Waals surface area contributed by atoms with Crippen molar-refractivity contribution in [2.75, 3.05) is 5.73 Å². The normalized spacial score (nSPS) is 21.8. The Bertz CT molecular complexity index is 435. The Morgan fingerprint density at radius 3 is 2.24 bits per heavy atom. The summed E-state index contributed by atoms with van der Waals surface area (Å²) in [6.07, 6.45) is 1.71. The van der Waals surface area contributed by atoms with Gasteiger partial charge in [0.05, 0.1) is 16.9 Å². The highest BCUT2D eigenvalue weighted by Gasteiger charge is 2.51. The van der Waals surface area contributed by atoms with Crippen LogP contribution in [-0.2, 0) is 9.31 Å². The van der Waals surface area contributed by atoms with E-state index in [1.165, 1.54) is 0 Å². The molecule has 1 aliphatic rings. The Balaban J connectivity index is 2.29. The number of nitrogens with zero attached hydrogens (tertiary/aromatic N) is 1. The summed E-state index contributed by atoms with van der Waals surface area (Å²) < 4.78 is 12.5. The quantitative estimate of drug-likeness (QED) is 0.634. The average Bonchev–Trinajstić information content (AvgIpc) is 2.41. The molecule has 0 aromatic carbocycles. The topological polar surface area (TPSA) is 57.4 Å². The number of hydrogen-bond acceptors (Lipinski definition) is 4. The summed E-state index contributed by atoms with van der Waals surface area (Å²) in [5.41, 5.74) is 6.53. The Hall–Kier alpha value is -0.585. The van der Waals surface area contributed by atoms with Crippen molar-refractivity contribution in [1.82, 2.24) is 4.98 Å². The van der Waals surface area contributed by atoms with Crippen LogP contribution in [-0.4, -0.2) is 23.3 Å². The largest absolute Gasteiger partial charge is 0.496 e. The number of rotatable bonds is 1. The maximum atomic E-state index is 5.91. The smallest absolute Gasteiger partial charge is 0.399 e. The van der Waals surface area contributed by atoms with Gasteiger partial charge >= 0.3 is 7.12 Å². The molecule has 0 amide bonds. The van der Waals surface area contributed by atoms with Crippen LogP contribution in [0.5, 0.6) is 0 Å². The van der Waals surface area contributed by atoms with E-state index in [1.807, 2.05) is 33.8 Å². The van der Waals surface area contributed by atoms with Gasteiger partial charge in [0.25, 0.3) is 0 Å². The number of nitrogens with two attached hydrogens (primary N) is 1. The molecule has 92 valence electrons. The maximum absolute atomic E-state index is 5.91. The van der Waals surface area contributed by atoms with Gasteiger partial charge in [0, 0.05) is 11.7 Å². The summed E-state index contributed by atoms with van der Waals surface area (Å²) in [6.45, 7) is 8.07. The van der Waals surface area contributed by atoms with E-state index in [9.17, 15) is 0 Å². The fraction of sp³-hybridized carbons (Fsp3) is 0.545. The molecule has 0 unspecified atom stereocenters. The number of nitrogen functional groups attached to an aromatic ring is 1. The van der Waals surface area contributed by atoms with Gasteiger partial charge in [0.1, 0.15) is 4.60 Å². The molecule has 0 bridgehead atoms. The summed E-state index contributed by atoms with van der Waals surface area (Å²) >= 11 is 3.27. The molecule has 0 atom stereocenters. The third-order valence-electron chi connectivity index (χ3n) is 3.41. The van der Waals surface area contributed by atoms with Crippen molar-refractivity contribution in [3.05, 3.63) is 16.9 Å². The van der Waals surface area contributed by atoms with Crippen molar-refractivity contribution in [2.24, 2.45) is 0 Å². The molecule has 2 heterocycles. The first-order valence-electron chi connectivity index (χ1n) is 5.49. The lowest BCUT2D eigenvalue weighted by molar-refractivity contribution is 0.00578. The molecule has 2 rings (SSSR count). The zero-order valence-electron chi connectivity index (χ0n) is 10.5. The minimum absolute atomic E-state index is 0.348. The predicted octanol–water partition coefficient (Wildman–Crippen LogP) is 1.73. The molecule has 1 aliphatic heterocycles. The van der Waals surface area contributed by atoms with E-state index in [-0.39, 0.29) is 11.2 Å². The van der Waals surface area contributed by atoms with Crippen molar-refractivity contribution in [1.29, 1.82) is 0 Å². The van der Waals surface area contributed by atoms with Gasteiger partial charge in [-0.15, -0.1) is 0 Å². The summed E-state index contributed by atoms with van der Waals surface area (Å²) in [4.78, 5) is 4.15. The Labute approximate surface area is 110 Å². The van der Waals surface area contributed by atoms with E-state index >= 15 is 0 Å². The van der Waals surface area contributed by atoms with Crippen LogP contribution >= 0.6 is 15.9 Å². The average molecular weight is 299 g/mol. The minimum atomic E-state index is -0.414. The van der Waals surface area contributed by atoms with Gasteiger partial charge in [0.2, 0.25) is 0 Å². The lowest BCUT2D eigenvalue weighted by atomic mass is 9.80. The predicted molar refractivity (Wildman–Crippen MR) is 72.1 cm³/mol. The van der Waals surface area contributed by atoms with Crippen LogP contribution in [0.15, 0.2) is 16.9 Å². The van der Waals surface area contributed by atoms with Gasteiger partial charge in [-0.25, -0.2) is 4.98 Å². The first-order chi connectivity index (χ1) is 7.73. The second-order valence-corrected chi connectivity index (χ2v) is 5.99. The van der Waals surface area contributed by atoms with E-state index in [1.54, 1.807) is 6.20 Å². The maximum Gasteiger partial charge on any atom is 0.496 e. The molecular formula is C11H16BBrN2O2. The van der Waals surface area contributed by atoms with Gasteiger partial charge in [-0.2, -0.15) is 0 Å². The summed E-state index contributed by atoms with van der Waals surface area (Å²) in [7, 11) is -0.414. The van der Waals surface area contributed by atoms with Crippen LogP contribution in [0.1, 0.15) is 27.7 Å². The highest BCUT2D eigenvalue weighted by atomic mass is 79.9. The molecule has 17 heavy (non-hydrogen) atoms. The van der Waals surface area contributed by atoms with Gasteiger partial charge < -0.3 is 15.0 Å². The van der Waals surface area contributed by atoms with Crippen LogP contribution in [0.25, 0.3) is 0 Å². The molecule has 1 saturated heterocycles. The van der Waals surface area contributed by atoms with Gasteiger partial charge in [-0.05, 0) is 49.7 Å². The van der Waals surface area contributed by atoms with Crippen LogP contribution < -0.4 is 11.2 Å². The summed E-state index contributed by atoms with van der Waals surface area (Å²) in [5.74, 6) is 0. The lowest BCUT2D eigenvalue weighted by Crippen LogP contribution is -2.41. The third kappa shape index (κ3) is 2.21. The molecule has 2 N–H and O–H groups in total. The summed E-state index contributed by atoms with van der Waals surface area (Å²) in [5, 5.41) is 0. The highest BCUT2D eigenvalue weighted by molar-refractivity contribution is 9.10. The van der Waals surface area contributed by atoms with E-state index in [4.69, 9.17) is 15.0 Å². The SMILES string of the molecule is CC1(C)OB(c2cnc(Br)c(N)c2)OC1(C)C. The third-order valence-corrected chi connectivity index (χ3v) is 4.08. The van der Waals surface area contributed by atoms with Gasteiger partial charge in [-0.1, -0.05) is 0 Å². The molecule has 1 aromatic rings. The second-order valence-electron chi connectivity index (χ2n) is 5.24. The zero-order valence-corrected chi connectivity index (χ0v) is 12.0. The molecule has 0 spiro atoms. The van der Waals surface area contributed by atoms with Crippen molar-refractivity contribution >= 4 is 34.2 Å². The molecular weight excluding hydrogens is 283 g/mol. The van der Waals surface area contributed by atoms with Crippen LogP contribution in [0.3, 0.4) is 0 Å². The fourth-order valence-corrected chi connectivity index (χ4v) is 1.81. The highest BCUT2D eigenvalue weighted by Crippen LogP contribution is 2.36. The van der Waals surface area contributed by atoms with E-state index < -0.39 is 7.12 Å². The molecule has 4 nitrogen and oxygen atoms in total. The summed E-state index contributed by atoms with van der Waals surface area (Å²) in [6, 6.07) is 1.82. The molecule has 1 fully saturated rings. The number of aromatic nitrogens is 1. The van der Waals surface area contributed by atoms with E-state index in [2.05, 4.69) is 20.9 Å². The van der Waals surface area contributed by atoms with Gasteiger partial charge in [-0.3, -0.25) is 0 Å². The minimum Gasteiger partial charge on any atom is -0.399 e. The Morgan fingerprint density at radius 2 is 1.76 bits per heavy atom. The zero-order chi connectivity index (χ0) is 12.8. The van der Waals surface area contributed by atoms with Crippen LogP contribution in [0, 0.1) is 0 Å². The first-order valence-corrected chi connectivity index (χ1v) is 6.29. The van der Waals surface area contributed by atoms with Crippen molar-refractivity contribution in [2.45, 2.75) is 38.9 Å². The number of pyridine rings is 1. The standard InChI is InChI=1S/C11H16BBrN2O2/c1-10(2)11(3,4)17-12(16-10)7-5-8(14)9(13)15-6-7/h5-6H,14H2,1-4H3. The van der Waals surface area contributed by atoms with Crippen LogP contribution in [0.4, 0.5) is 5.69 Å². The van der Waals surface area contributed by atoms with E-state index in [0.717, 1.165) is 5.46 Å². The number of hydrogen-bond donors (Lipinski definition) is 1.